The highest BCUT2D eigenvalue weighted by Gasteiger charge is 1.76. The molecule has 1 rings (SSSR count). The molecule has 0 radical (unpaired) electrons. The van der Waals surface area contributed by atoms with Gasteiger partial charge in [0.05, 0.1) is 0 Å². The van der Waals surface area contributed by atoms with Crippen LogP contribution in [0.2, 0.25) is 0 Å². The average Bonchev–Trinajstić information content (AvgIpc) is 1.90. The second-order valence-electron chi connectivity index (χ2n) is 1.51. The number of hydrogen-bond donors (Lipinski definition) is 0. The number of hydrogen-bond acceptors (Lipinski definition) is 0. The molecule has 1 aromatic rings. The minimum atomic E-state index is 0.938. The van der Waals surface area contributed by atoms with E-state index in [2.05, 4.69) is 5.92 Å². The molecule has 0 aliphatic heterocycles. The molecule has 0 spiro atoms. The lowest BCUT2D eigenvalue weighted by Crippen LogP contribution is -1.66. The van der Waals surface area contributed by atoms with E-state index in [1.165, 1.54) is 0 Å². The fourth-order valence-corrected chi connectivity index (χ4v) is 0.534. The van der Waals surface area contributed by atoms with E-state index in [-0.39, 0.29) is 0 Å². The maximum Gasteiger partial charge on any atom is 0.0242 e. The van der Waals surface area contributed by atoms with Crippen molar-refractivity contribution in [2.45, 2.75) is 0 Å². The van der Waals surface area contributed by atoms with E-state index in [4.69, 9.17) is 6.42 Å². The van der Waals surface area contributed by atoms with Gasteiger partial charge in [-0.05, 0) is 12.1 Å². The molecule has 0 bridgehead atoms. The van der Waals surface area contributed by atoms with Crippen molar-refractivity contribution in [1.29, 1.82) is 0 Å². The van der Waals surface area contributed by atoms with Crippen molar-refractivity contribution in [3.63, 3.8) is 0 Å². The minimum Gasteiger partial charge on any atom is -0.115 e. The molecule has 0 amide bonds. The molecule has 0 fully saturated rings. The summed E-state index contributed by atoms with van der Waals surface area (Å²) in [5, 5.41) is 0. The summed E-state index contributed by atoms with van der Waals surface area (Å²) in [6.45, 7) is 0. The lowest BCUT2D eigenvalue weighted by Gasteiger charge is -1.82. The Kier molecular flexibility index (Phi) is 1.34. The maximum atomic E-state index is 5.10. The zero-order chi connectivity index (χ0) is 5.82. The second-order valence-corrected chi connectivity index (χ2v) is 1.51. The Bertz CT molecular complexity index is 191. The lowest BCUT2D eigenvalue weighted by atomic mass is 10.2. The maximum absolute atomic E-state index is 5.10. The van der Waals surface area contributed by atoms with E-state index in [1.807, 2.05) is 30.3 Å². The van der Waals surface area contributed by atoms with Crippen LogP contribution >= 0.6 is 0 Å². The van der Waals surface area contributed by atoms with Gasteiger partial charge < -0.3 is 0 Å². The van der Waals surface area contributed by atoms with Crippen LogP contribution in [0.3, 0.4) is 0 Å². The molecule has 0 aliphatic rings. The first-order chi connectivity index (χ1) is 3.93. The molecular weight excluding hydrogens is 97.1 g/mol. The van der Waals surface area contributed by atoms with Gasteiger partial charge in [0, 0.05) is 5.56 Å². The molecule has 0 N–H and O–H groups in total. The summed E-state index contributed by atoms with van der Waals surface area (Å²) < 4.78 is 0. The monoisotopic (exact) mass is 103 g/mol. The summed E-state index contributed by atoms with van der Waals surface area (Å²) in [6, 6.07) is 9.60. The largest absolute Gasteiger partial charge is 0.115 e. The normalized spacial score (nSPS) is 7.88. The van der Waals surface area contributed by atoms with Gasteiger partial charge in [0.25, 0.3) is 0 Å². The summed E-state index contributed by atoms with van der Waals surface area (Å²) in [5.41, 5.74) is 0.938. The van der Waals surface area contributed by atoms with E-state index >= 15 is 0 Å². The third kappa shape index (κ3) is 0.886. The average molecular weight is 103 g/mol. The van der Waals surface area contributed by atoms with Crippen LogP contribution in [-0.4, -0.2) is 0 Å². The molecule has 0 unspecified atom stereocenters. The van der Waals surface area contributed by atoms with Crippen molar-refractivity contribution in [3.05, 3.63) is 35.9 Å². The van der Waals surface area contributed by atoms with Crippen LogP contribution < -0.4 is 0 Å². The van der Waals surface area contributed by atoms with E-state index in [9.17, 15) is 0 Å². The first-order valence-corrected chi connectivity index (χ1v) is 2.45. The van der Waals surface area contributed by atoms with Gasteiger partial charge in [0.2, 0.25) is 0 Å². The first-order valence-electron chi connectivity index (χ1n) is 2.45. The predicted molar refractivity (Wildman–Crippen MR) is 34.4 cm³/mol. The minimum absolute atomic E-state index is 0.938. The fourth-order valence-electron chi connectivity index (χ4n) is 0.534. The highest BCUT2D eigenvalue weighted by Crippen LogP contribution is 1.92. The van der Waals surface area contributed by atoms with E-state index in [0.29, 0.717) is 0 Å². The van der Waals surface area contributed by atoms with E-state index in [1.54, 1.807) is 0 Å². The summed E-state index contributed by atoms with van der Waals surface area (Å²) >= 11 is 0. The Morgan fingerprint density at radius 1 is 1.12 bits per heavy atom. The van der Waals surface area contributed by atoms with Gasteiger partial charge in [-0.25, -0.2) is 0 Å². The highest BCUT2D eigenvalue weighted by atomic mass is 13.8. The van der Waals surface area contributed by atoms with Crippen molar-refractivity contribution < 1.29 is 0 Å². The van der Waals surface area contributed by atoms with Crippen molar-refractivity contribution >= 4 is 0 Å². The zero-order valence-electron chi connectivity index (χ0n) is 4.46. The fraction of sp³-hybridized carbons (Fsp3) is 0. The van der Waals surface area contributed by atoms with Crippen LogP contribution in [-0.2, 0) is 0 Å². The van der Waals surface area contributed by atoms with E-state index in [0.717, 1.165) is 5.56 Å². The van der Waals surface area contributed by atoms with Crippen molar-refractivity contribution in [3.8, 4) is 12.3 Å². The lowest BCUT2D eigenvalue weighted by molar-refractivity contribution is 1.65. The Hall–Kier alpha value is -1.22. The summed E-state index contributed by atoms with van der Waals surface area (Å²) in [4.78, 5) is 0. The molecule has 0 nitrogen and oxygen atoms in total. The topological polar surface area (TPSA) is 0 Å². The molecule has 0 saturated heterocycles. The second kappa shape index (κ2) is 2.18. The van der Waals surface area contributed by atoms with Crippen LogP contribution in [0.4, 0.5) is 0 Å². The van der Waals surface area contributed by atoms with Crippen LogP contribution in [0.1, 0.15) is 5.56 Å². The number of terminal acetylenes is 1. The van der Waals surface area contributed by atoms with Crippen LogP contribution in [0.5, 0.6) is 0 Å². The molecule has 0 heterocycles. The third-order valence-corrected chi connectivity index (χ3v) is 0.940. The summed E-state index contributed by atoms with van der Waals surface area (Å²) in [5.74, 6) is 2.53. The van der Waals surface area contributed by atoms with Crippen LogP contribution in [0.25, 0.3) is 0 Å². The SMILES string of the molecule is [13CH]#Cc1ccccc1. The van der Waals surface area contributed by atoms with Gasteiger partial charge in [-0.3, -0.25) is 0 Å². The van der Waals surface area contributed by atoms with Gasteiger partial charge in [0.1, 0.15) is 0 Å². The van der Waals surface area contributed by atoms with E-state index < -0.39 is 0 Å². The molecule has 0 heteroatoms. The summed E-state index contributed by atoms with van der Waals surface area (Å²) in [6.07, 6.45) is 5.10. The molecule has 0 saturated carbocycles. The molecule has 8 heavy (non-hydrogen) atoms. The Balaban J connectivity index is 3.05. The van der Waals surface area contributed by atoms with Gasteiger partial charge in [-0.2, -0.15) is 0 Å². The first kappa shape index (κ1) is 4.93. The predicted octanol–water partition coefficient (Wildman–Crippen LogP) is 1.67. The molecule has 38 valence electrons. The molecule has 1 aromatic carbocycles. The Morgan fingerprint density at radius 3 is 2.12 bits per heavy atom. The van der Waals surface area contributed by atoms with Gasteiger partial charge in [-0.15, -0.1) is 6.42 Å². The van der Waals surface area contributed by atoms with Crippen molar-refractivity contribution in [1.82, 2.24) is 0 Å². The molecule has 0 atom stereocenters. The molecular formula is C8H6. The van der Waals surface area contributed by atoms with Crippen molar-refractivity contribution in [2.24, 2.45) is 0 Å². The van der Waals surface area contributed by atoms with Gasteiger partial charge in [0.15, 0.2) is 0 Å². The quantitative estimate of drug-likeness (QED) is 0.346. The van der Waals surface area contributed by atoms with Gasteiger partial charge >= 0.3 is 0 Å². The number of benzene rings is 1. The van der Waals surface area contributed by atoms with Gasteiger partial charge in [-0.1, -0.05) is 24.1 Å². The molecule has 0 aliphatic carbocycles. The highest BCUT2D eigenvalue weighted by molar-refractivity contribution is 5.30. The number of rotatable bonds is 0. The van der Waals surface area contributed by atoms with Crippen molar-refractivity contribution in [2.75, 3.05) is 0 Å². The van der Waals surface area contributed by atoms with Crippen LogP contribution in [0.15, 0.2) is 30.3 Å². The smallest absolute Gasteiger partial charge is 0.0242 e. The summed E-state index contributed by atoms with van der Waals surface area (Å²) in [7, 11) is 0. The standard InChI is InChI=1S/C8H6/c1-2-8-6-4-3-5-7-8/h1,3-7H/i1+1. The van der Waals surface area contributed by atoms with Crippen LogP contribution in [0, 0.1) is 12.3 Å². The zero-order valence-corrected chi connectivity index (χ0v) is 4.46. The third-order valence-electron chi connectivity index (χ3n) is 0.940. The Labute approximate surface area is 49.2 Å². The molecule has 0 aromatic heterocycles. The Morgan fingerprint density at radius 2 is 1.75 bits per heavy atom.